The van der Waals surface area contributed by atoms with Crippen LogP contribution in [0.2, 0.25) is 0 Å². The zero-order valence-electron chi connectivity index (χ0n) is 7.95. The van der Waals surface area contributed by atoms with Gasteiger partial charge >= 0.3 is 0 Å². The van der Waals surface area contributed by atoms with Crippen molar-refractivity contribution in [3.05, 3.63) is 35.4 Å². The van der Waals surface area contributed by atoms with Crippen LogP contribution >= 0.6 is 0 Å². The van der Waals surface area contributed by atoms with Gasteiger partial charge in [-0.2, -0.15) is 0 Å². The minimum Gasteiger partial charge on any atom is -0.385 e. The molecule has 1 aliphatic heterocycles. The Morgan fingerprint density at radius 1 is 1.38 bits per heavy atom. The molecule has 2 nitrogen and oxygen atoms in total. The highest BCUT2D eigenvalue weighted by molar-refractivity contribution is 5.26. The summed E-state index contributed by atoms with van der Waals surface area (Å²) in [4.78, 5) is 0. The lowest BCUT2D eigenvalue weighted by Crippen LogP contribution is -2.17. The lowest BCUT2D eigenvalue weighted by molar-refractivity contribution is 0.0849. The minimum absolute atomic E-state index is 0.338. The van der Waals surface area contributed by atoms with Crippen molar-refractivity contribution < 1.29 is 9.84 Å². The maximum atomic E-state index is 9.89. The van der Waals surface area contributed by atoms with Crippen LogP contribution in [0.25, 0.3) is 0 Å². The van der Waals surface area contributed by atoms with E-state index in [2.05, 4.69) is 0 Å². The number of aliphatic hydroxyl groups is 1. The van der Waals surface area contributed by atoms with Crippen LogP contribution in [0, 0.1) is 6.92 Å². The topological polar surface area (TPSA) is 32.8 Å². The van der Waals surface area contributed by atoms with Crippen LogP contribution < -0.4 is 0 Å². The monoisotopic (exact) mass is 178 g/mol. The number of hydrogen-bond donors (Lipinski definition) is 1. The van der Waals surface area contributed by atoms with E-state index in [1.807, 2.05) is 38.1 Å². The van der Waals surface area contributed by atoms with Crippen LogP contribution in [0.5, 0.6) is 0 Å². The molecule has 0 radical (unpaired) electrons. The molecule has 70 valence electrons. The molecular formula is C11H14O2. The van der Waals surface area contributed by atoms with Crippen LogP contribution in [0.15, 0.2) is 24.3 Å². The average molecular weight is 178 g/mol. The molecular weight excluding hydrogens is 164 g/mol. The molecule has 0 spiro atoms. The Bertz CT molecular complexity index is 298. The Morgan fingerprint density at radius 3 is 2.38 bits per heavy atom. The number of rotatable bonds is 2. The molecule has 0 aromatic heterocycles. The van der Waals surface area contributed by atoms with Gasteiger partial charge in [0.1, 0.15) is 11.7 Å². The smallest absolute Gasteiger partial charge is 0.119 e. The molecule has 1 aromatic rings. The molecule has 1 saturated heterocycles. The second kappa shape index (κ2) is 2.82. The number of hydrogen-bond acceptors (Lipinski definition) is 2. The number of benzene rings is 1. The van der Waals surface area contributed by atoms with Crippen LogP contribution in [-0.2, 0) is 4.74 Å². The van der Waals surface area contributed by atoms with Crippen molar-refractivity contribution in [1.29, 1.82) is 0 Å². The van der Waals surface area contributed by atoms with Crippen molar-refractivity contribution in [1.82, 2.24) is 0 Å². The Labute approximate surface area is 78.2 Å². The van der Waals surface area contributed by atoms with Gasteiger partial charge in [0, 0.05) is 0 Å². The Balaban J connectivity index is 2.20. The number of aliphatic hydroxyl groups excluding tert-OH is 1. The zero-order chi connectivity index (χ0) is 9.47. The first-order valence-electron chi connectivity index (χ1n) is 4.50. The van der Waals surface area contributed by atoms with Crippen molar-refractivity contribution in [2.75, 3.05) is 6.61 Å². The summed E-state index contributed by atoms with van der Waals surface area (Å²) in [7, 11) is 0. The quantitative estimate of drug-likeness (QED) is 0.701. The standard InChI is InChI=1S/C11H14O2/c1-8-3-5-9(6-4-8)10(12)11(2)7-13-11/h3-6,10,12H,7H2,1-2H3/t10-,11+/m1/s1. The third-order valence-corrected chi connectivity index (χ3v) is 2.57. The van der Waals surface area contributed by atoms with Gasteiger partial charge < -0.3 is 9.84 Å². The van der Waals surface area contributed by atoms with Crippen LogP contribution in [0.4, 0.5) is 0 Å². The molecule has 13 heavy (non-hydrogen) atoms. The van der Waals surface area contributed by atoms with Crippen LogP contribution in [-0.4, -0.2) is 17.3 Å². The summed E-state index contributed by atoms with van der Waals surface area (Å²) in [5.74, 6) is 0. The third kappa shape index (κ3) is 1.60. The molecule has 1 fully saturated rings. The van der Waals surface area contributed by atoms with Gasteiger partial charge in [-0.1, -0.05) is 29.8 Å². The average Bonchev–Trinajstić information content (AvgIpc) is 2.85. The van der Waals surface area contributed by atoms with E-state index >= 15 is 0 Å². The Hall–Kier alpha value is -0.860. The molecule has 0 saturated carbocycles. The van der Waals surface area contributed by atoms with E-state index in [9.17, 15) is 5.11 Å². The summed E-state index contributed by atoms with van der Waals surface area (Å²) in [5, 5.41) is 9.89. The van der Waals surface area contributed by atoms with Crippen molar-refractivity contribution >= 4 is 0 Å². The normalized spacial score (nSPS) is 28.5. The molecule has 1 aromatic carbocycles. The fraction of sp³-hybridized carbons (Fsp3) is 0.455. The molecule has 1 heterocycles. The summed E-state index contributed by atoms with van der Waals surface area (Å²) in [6, 6.07) is 7.91. The first kappa shape index (κ1) is 8.73. The molecule has 2 heteroatoms. The van der Waals surface area contributed by atoms with Crippen LogP contribution in [0.1, 0.15) is 24.2 Å². The van der Waals surface area contributed by atoms with Gasteiger partial charge in [0.15, 0.2) is 0 Å². The Morgan fingerprint density at radius 2 is 1.92 bits per heavy atom. The maximum absolute atomic E-state index is 9.89. The summed E-state index contributed by atoms with van der Waals surface area (Å²) < 4.78 is 5.19. The third-order valence-electron chi connectivity index (χ3n) is 2.57. The SMILES string of the molecule is Cc1ccc([C@@H](O)[C@]2(C)CO2)cc1. The van der Waals surface area contributed by atoms with E-state index < -0.39 is 6.10 Å². The molecule has 0 amide bonds. The fourth-order valence-electron chi connectivity index (χ4n) is 1.37. The van der Waals surface area contributed by atoms with Gasteiger partial charge in [-0.05, 0) is 19.4 Å². The second-order valence-electron chi connectivity index (χ2n) is 3.91. The first-order valence-corrected chi connectivity index (χ1v) is 4.50. The van der Waals surface area contributed by atoms with Crippen LogP contribution in [0.3, 0.4) is 0 Å². The van der Waals surface area contributed by atoms with E-state index in [1.165, 1.54) is 5.56 Å². The van der Waals surface area contributed by atoms with Gasteiger partial charge in [-0.3, -0.25) is 0 Å². The van der Waals surface area contributed by atoms with Gasteiger partial charge in [0.05, 0.1) is 6.61 Å². The van der Waals surface area contributed by atoms with E-state index in [4.69, 9.17) is 4.74 Å². The van der Waals surface area contributed by atoms with E-state index in [0.29, 0.717) is 6.61 Å². The van der Waals surface area contributed by atoms with E-state index in [1.54, 1.807) is 0 Å². The van der Waals surface area contributed by atoms with Gasteiger partial charge in [0.2, 0.25) is 0 Å². The number of ether oxygens (including phenoxy) is 1. The highest BCUT2D eigenvalue weighted by atomic mass is 16.6. The van der Waals surface area contributed by atoms with E-state index in [-0.39, 0.29) is 5.60 Å². The molecule has 2 atom stereocenters. The second-order valence-corrected chi connectivity index (χ2v) is 3.91. The fourth-order valence-corrected chi connectivity index (χ4v) is 1.37. The first-order chi connectivity index (χ1) is 6.12. The number of epoxide rings is 1. The lowest BCUT2D eigenvalue weighted by atomic mass is 9.97. The summed E-state index contributed by atoms with van der Waals surface area (Å²) in [6.45, 7) is 4.62. The van der Waals surface area contributed by atoms with Gasteiger partial charge in [-0.25, -0.2) is 0 Å². The van der Waals surface area contributed by atoms with Gasteiger partial charge in [0.25, 0.3) is 0 Å². The predicted molar refractivity (Wildman–Crippen MR) is 50.5 cm³/mol. The van der Waals surface area contributed by atoms with Crippen molar-refractivity contribution in [2.45, 2.75) is 25.6 Å². The molecule has 0 unspecified atom stereocenters. The number of aryl methyl sites for hydroxylation is 1. The highest BCUT2D eigenvalue weighted by Crippen LogP contribution is 2.39. The van der Waals surface area contributed by atoms with E-state index in [0.717, 1.165) is 5.56 Å². The molecule has 1 aliphatic rings. The Kier molecular flexibility index (Phi) is 1.90. The molecule has 2 rings (SSSR count). The maximum Gasteiger partial charge on any atom is 0.119 e. The summed E-state index contributed by atoms with van der Waals surface area (Å²) in [5.41, 5.74) is 1.80. The predicted octanol–water partition coefficient (Wildman–Crippen LogP) is 1.82. The van der Waals surface area contributed by atoms with Crippen molar-refractivity contribution in [3.8, 4) is 0 Å². The zero-order valence-corrected chi connectivity index (χ0v) is 7.95. The van der Waals surface area contributed by atoms with Gasteiger partial charge in [-0.15, -0.1) is 0 Å². The molecule has 0 aliphatic carbocycles. The molecule has 0 bridgehead atoms. The largest absolute Gasteiger partial charge is 0.385 e. The summed E-state index contributed by atoms with van der Waals surface area (Å²) in [6.07, 6.45) is -0.493. The summed E-state index contributed by atoms with van der Waals surface area (Å²) >= 11 is 0. The highest BCUT2D eigenvalue weighted by Gasteiger charge is 2.46. The minimum atomic E-state index is -0.493. The lowest BCUT2D eigenvalue weighted by Gasteiger charge is -2.14. The molecule has 1 N–H and O–H groups in total. The van der Waals surface area contributed by atoms with Crippen molar-refractivity contribution in [3.63, 3.8) is 0 Å². The van der Waals surface area contributed by atoms with Crippen molar-refractivity contribution in [2.24, 2.45) is 0 Å².